The molecular formula is C17H28N2O2. The molecule has 21 heavy (non-hydrogen) atoms. The Balaban J connectivity index is 2.57. The fourth-order valence-corrected chi connectivity index (χ4v) is 2.34. The molecule has 0 radical (unpaired) electrons. The quantitative estimate of drug-likeness (QED) is 0.690. The first-order chi connectivity index (χ1) is 9.94. The molecule has 0 bridgehead atoms. The zero-order chi connectivity index (χ0) is 15.9. The van der Waals surface area contributed by atoms with Crippen molar-refractivity contribution in [1.29, 1.82) is 0 Å². The molecule has 0 aliphatic carbocycles. The normalized spacial score (nSPS) is 15.3. The number of hydrogen-bond donors (Lipinski definition) is 3. The standard InChI is InChI=1S/C17H28N2O2/c1-5-14-9-7-8-10-15(14)18-16(21)11-13(3)19-17(4,6-2)12-20/h7-10,13,19-20H,5-6,11-12H2,1-4H3,(H,18,21). The summed E-state index contributed by atoms with van der Waals surface area (Å²) < 4.78 is 0. The number of aliphatic hydroxyl groups is 1. The van der Waals surface area contributed by atoms with Crippen LogP contribution in [-0.4, -0.2) is 29.2 Å². The van der Waals surface area contributed by atoms with Crippen LogP contribution in [0.15, 0.2) is 24.3 Å². The zero-order valence-electron chi connectivity index (χ0n) is 13.6. The fourth-order valence-electron chi connectivity index (χ4n) is 2.34. The van der Waals surface area contributed by atoms with E-state index in [1.165, 1.54) is 0 Å². The van der Waals surface area contributed by atoms with Crippen molar-refractivity contribution in [3.8, 4) is 0 Å². The zero-order valence-corrected chi connectivity index (χ0v) is 13.6. The number of amides is 1. The number of carbonyl (C=O) groups excluding carboxylic acids is 1. The highest BCUT2D eigenvalue weighted by Crippen LogP contribution is 2.16. The predicted octanol–water partition coefficient (Wildman–Crippen LogP) is 2.72. The third-order valence-corrected chi connectivity index (χ3v) is 3.89. The van der Waals surface area contributed by atoms with E-state index < -0.39 is 0 Å². The van der Waals surface area contributed by atoms with Gasteiger partial charge in [0.15, 0.2) is 0 Å². The second-order valence-electron chi connectivity index (χ2n) is 5.88. The summed E-state index contributed by atoms with van der Waals surface area (Å²) in [7, 11) is 0. The molecule has 1 amide bonds. The lowest BCUT2D eigenvalue weighted by Gasteiger charge is -2.31. The van der Waals surface area contributed by atoms with Gasteiger partial charge in [0.05, 0.1) is 6.61 Å². The van der Waals surface area contributed by atoms with Crippen LogP contribution in [0, 0.1) is 0 Å². The highest BCUT2D eigenvalue weighted by Gasteiger charge is 2.23. The topological polar surface area (TPSA) is 61.4 Å². The third-order valence-electron chi connectivity index (χ3n) is 3.89. The van der Waals surface area contributed by atoms with Gasteiger partial charge in [-0.1, -0.05) is 32.0 Å². The van der Waals surface area contributed by atoms with Crippen LogP contribution in [0.3, 0.4) is 0 Å². The molecular weight excluding hydrogens is 264 g/mol. The van der Waals surface area contributed by atoms with E-state index >= 15 is 0 Å². The molecule has 0 fully saturated rings. The molecule has 4 nitrogen and oxygen atoms in total. The van der Waals surface area contributed by atoms with Crippen LogP contribution in [0.2, 0.25) is 0 Å². The van der Waals surface area contributed by atoms with Crippen molar-refractivity contribution in [3.63, 3.8) is 0 Å². The van der Waals surface area contributed by atoms with Gasteiger partial charge in [-0.15, -0.1) is 0 Å². The van der Waals surface area contributed by atoms with E-state index in [0.29, 0.717) is 6.42 Å². The summed E-state index contributed by atoms with van der Waals surface area (Å²) in [4.78, 5) is 12.1. The maximum absolute atomic E-state index is 12.1. The SMILES string of the molecule is CCc1ccccc1NC(=O)CC(C)NC(C)(CC)CO. The van der Waals surface area contributed by atoms with Crippen LogP contribution in [0.4, 0.5) is 5.69 Å². The van der Waals surface area contributed by atoms with E-state index in [1.807, 2.05) is 45.0 Å². The highest BCUT2D eigenvalue weighted by atomic mass is 16.3. The predicted molar refractivity (Wildman–Crippen MR) is 87.4 cm³/mol. The molecule has 0 heterocycles. The Morgan fingerprint density at radius 2 is 2.00 bits per heavy atom. The molecule has 0 saturated heterocycles. The van der Waals surface area contributed by atoms with Crippen molar-refractivity contribution < 1.29 is 9.90 Å². The van der Waals surface area contributed by atoms with Gasteiger partial charge in [0.2, 0.25) is 5.91 Å². The van der Waals surface area contributed by atoms with E-state index in [9.17, 15) is 9.90 Å². The van der Waals surface area contributed by atoms with Crippen LogP contribution in [0.5, 0.6) is 0 Å². The summed E-state index contributed by atoms with van der Waals surface area (Å²) in [5.74, 6) is -0.00714. The lowest BCUT2D eigenvalue weighted by atomic mass is 9.98. The minimum Gasteiger partial charge on any atom is -0.394 e. The molecule has 2 atom stereocenters. The van der Waals surface area contributed by atoms with Gasteiger partial charge < -0.3 is 15.7 Å². The molecule has 0 saturated carbocycles. The summed E-state index contributed by atoms with van der Waals surface area (Å²) in [6, 6.07) is 7.87. The Labute approximate surface area is 128 Å². The molecule has 4 heteroatoms. The molecule has 0 aromatic heterocycles. The van der Waals surface area contributed by atoms with Gasteiger partial charge >= 0.3 is 0 Å². The van der Waals surface area contributed by atoms with Crippen LogP contribution in [0.25, 0.3) is 0 Å². The Hall–Kier alpha value is -1.39. The third kappa shape index (κ3) is 5.48. The number of nitrogens with one attached hydrogen (secondary N) is 2. The largest absolute Gasteiger partial charge is 0.394 e. The first kappa shape index (κ1) is 17.7. The molecule has 0 aliphatic heterocycles. The number of carbonyl (C=O) groups is 1. The van der Waals surface area contributed by atoms with Crippen LogP contribution >= 0.6 is 0 Å². The summed E-state index contributed by atoms with van der Waals surface area (Å²) in [5, 5.41) is 15.7. The minimum absolute atomic E-state index is 0.00714. The van der Waals surface area contributed by atoms with Crippen molar-refractivity contribution in [2.75, 3.05) is 11.9 Å². The average Bonchev–Trinajstić information content (AvgIpc) is 2.47. The summed E-state index contributed by atoms with van der Waals surface area (Å²) in [6.45, 7) is 8.09. The number of rotatable bonds is 8. The highest BCUT2D eigenvalue weighted by molar-refractivity contribution is 5.91. The van der Waals surface area contributed by atoms with Gasteiger partial charge in [-0.2, -0.15) is 0 Å². The maximum Gasteiger partial charge on any atom is 0.225 e. The van der Waals surface area contributed by atoms with Crippen molar-refractivity contribution in [1.82, 2.24) is 5.32 Å². The summed E-state index contributed by atoms with van der Waals surface area (Å²) in [6.07, 6.45) is 2.09. The van der Waals surface area contributed by atoms with Gasteiger partial charge in [0, 0.05) is 23.7 Å². The molecule has 3 N–H and O–H groups in total. The van der Waals surface area contributed by atoms with Gasteiger partial charge in [0.1, 0.15) is 0 Å². The van der Waals surface area contributed by atoms with Crippen LogP contribution in [-0.2, 0) is 11.2 Å². The number of aryl methyl sites for hydroxylation is 1. The lowest BCUT2D eigenvalue weighted by molar-refractivity contribution is -0.116. The van der Waals surface area contributed by atoms with Crippen molar-refractivity contribution in [2.45, 2.75) is 58.5 Å². The Morgan fingerprint density at radius 3 is 2.57 bits per heavy atom. The van der Waals surface area contributed by atoms with Crippen LogP contribution < -0.4 is 10.6 Å². The van der Waals surface area contributed by atoms with Crippen molar-refractivity contribution >= 4 is 11.6 Å². The Bertz CT molecular complexity index is 456. The molecule has 1 aromatic carbocycles. The second kappa shape index (κ2) is 8.15. The van der Waals surface area contributed by atoms with E-state index in [0.717, 1.165) is 24.1 Å². The molecule has 1 aromatic rings. The molecule has 2 unspecified atom stereocenters. The number of aliphatic hydroxyl groups excluding tert-OH is 1. The lowest BCUT2D eigenvalue weighted by Crippen LogP contribution is -2.50. The van der Waals surface area contributed by atoms with Gasteiger partial charge in [-0.3, -0.25) is 4.79 Å². The van der Waals surface area contributed by atoms with Crippen LogP contribution in [0.1, 0.15) is 46.1 Å². The van der Waals surface area contributed by atoms with Gasteiger partial charge in [-0.25, -0.2) is 0 Å². The Kier molecular flexibility index (Phi) is 6.85. The van der Waals surface area contributed by atoms with Gasteiger partial charge in [-0.05, 0) is 38.3 Å². The van der Waals surface area contributed by atoms with E-state index in [1.54, 1.807) is 0 Å². The second-order valence-corrected chi connectivity index (χ2v) is 5.88. The molecule has 1 rings (SSSR count). The Morgan fingerprint density at radius 1 is 1.33 bits per heavy atom. The van der Waals surface area contributed by atoms with Gasteiger partial charge in [0.25, 0.3) is 0 Å². The van der Waals surface area contributed by atoms with Crippen molar-refractivity contribution in [2.24, 2.45) is 0 Å². The molecule has 0 aliphatic rings. The number of anilines is 1. The number of para-hydroxylation sites is 1. The van der Waals surface area contributed by atoms with E-state index in [-0.39, 0.29) is 24.1 Å². The smallest absolute Gasteiger partial charge is 0.225 e. The first-order valence-corrected chi connectivity index (χ1v) is 7.70. The fraction of sp³-hybridized carbons (Fsp3) is 0.588. The van der Waals surface area contributed by atoms with E-state index in [2.05, 4.69) is 17.6 Å². The number of benzene rings is 1. The first-order valence-electron chi connectivity index (χ1n) is 7.70. The van der Waals surface area contributed by atoms with E-state index in [4.69, 9.17) is 0 Å². The monoisotopic (exact) mass is 292 g/mol. The van der Waals surface area contributed by atoms with Crippen molar-refractivity contribution in [3.05, 3.63) is 29.8 Å². The molecule has 0 spiro atoms. The average molecular weight is 292 g/mol. The maximum atomic E-state index is 12.1. The summed E-state index contributed by atoms with van der Waals surface area (Å²) >= 11 is 0. The molecule has 118 valence electrons. The summed E-state index contributed by atoms with van der Waals surface area (Å²) in [5.41, 5.74) is 1.69. The minimum atomic E-state index is -0.332. The number of hydrogen-bond acceptors (Lipinski definition) is 3.